The molecular weight excluding hydrogens is 280 g/mol. The van der Waals surface area contributed by atoms with E-state index in [9.17, 15) is 24.3 Å². The van der Waals surface area contributed by atoms with Crippen molar-refractivity contribution in [3.63, 3.8) is 0 Å². The van der Waals surface area contributed by atoms with Crippen molar-refractivity contribution >= 4 is 29.5 Å². The first kappa shape index (κ1) is 14.2. The van der Waals surface area contributed by atoms with Crippen molar-refractivity contribution < 1.29 is 33.8 Å². The number of aliphatic hydroxyl groups excluding tert-OH is 1. The monoisotopic (exact) mass is 288 g/mol. The molecule has 1 aromatic carbocycles. The largest absolute Gasteiger partial charge is 0.501 e. The summed E-state index contributed by atoms with van der Waals surface area (Å²) < 4.78 is 8.21. The molecule has 2 aliphatic rings. The quantitative estimate of drug-likeness (QED) is 0.597. The van der Waals surface area contributed by atoms with Gasteiger partial charge >= 0.3 is 23.9 Å². The van der Waals surface area contributed by atoms with Gasteiger partial charge in [0.2, 0.25) is 5.76 Å². The average Bonchev–Trinajstić information content (AvgIpc) is 2.95. The Morgan fingerprint density at radius 2 is 1.33 bits per heavy atom. The number of carbonyl (C=O) groups is 4. The maximum Gasteiger partial charge on any atom is 0.382 e. The van der Waals surface area contributed by atoms with Gasteiger partial charge in [-0.15, -0.1) is 0 Å². The molecule has 0 aromatic heterocycles. The molecule has 0 fully saturated rings. The van der Waals surface area contributed by atoms with Gasteiger partial charge in [-0.05, 0) is 5.56 Å². The number of carbonyl (C=O) groups excluding carboxylic acids is 4. The lowest BCUT2D eigenvalue weighted by molar-refractivity contribution is -0.152. The van der Waals surface area contributed by atoms with E-state index in [1.54, 1.807) is 30.3 Å². The number of cyclic esters (lactones) is 4. The molecule has 0 aliphatic carbocycles. The van der Waals surface area contributed by atoms with Gasteiger partial charge in [-0.1, -0.05) is 30.3 Å². The fraction of sp³-hybridized carbons (Fsp3) is 0. The maximum absolute atomic E-state index is 11.1. The van der Waals surface area contributed by atoms with E-state index in [2.05, 4.69) is 9.47 Å². The Morgan fingerprint density at radius 1 is 0.762 bits per heavy atom. The van der Waals surface area contributed by atoms with Crippen molar-refractivity contribution in [1.82, 2.24) is 0 Å². The Morgan fingerprint density at radius 3 is 1.71 bits per heavy atom. The van der Waals surface area contributed by atoms with E-state index in [0.29, 0.717) is 5.56 Å². The molecule has 1 aromatic rings. The van der Waals surface area contributed by atoms with Crippen LogP contribution in [0.5, 0.6) is 0 Å². The second-order valence-electron chi connectivity index (χ2n) is 3.84. The van der Waals surface area contributed by atoms with Crippen LogP contribution in [0.4, 0.5) is 0 Å². The molecule has 0 radical (unpaired) electrons. The molecule has 0 atom stereocenters. The summed E-state index contributed by atoms with van der Waals surface area (Å²) in [6.07, 6.45) is 2.17. The summed E-state index contributed by atoms with van der Waals surface area (Å²) in [4.78, 5) is 41.8. The maximum atomic E-state index is 11.1. The van der Waals surface area contributed by atoms with Gasteiger partial charge in [0.25, 0.3) is 0 Å². The highest BCUT2D eigenvalue weighted by molar-refractivity contribution is 6.29. The number of ether oxygens (including phenoxy) is 2. The highest BCUT2D eigenvalue weighted by Gasteiger charge is 2.33. The standard InChI is InChI=1S/C10H6O4.C4H2O3/c11-8-7(9(12)14-10(8)13)6-4-2-1-3-5-6;5-3-1-2-4(6)7-3/h1-5,11H;1-2H. The number of aliphatic hydroxyl groups is 1. The molecule has 106 valence electrons. The van der Waals surface area contributed by atoms with Crippen LogP contribution >= 0.6 is 0 Å². The van der Waals surface area contributed by atoms with Crippen molar-refractivity contribution in [2.45, 2.75) is 0 Å². The predicted molar refractivity (Wildman–Crippen MR) is 67.3 cm³/mol. The van der Waals surface area contributed by atoms with Crippen LogP contribution in [0.15, 0.2) is 48.2 Å². The summed E-state index contributed by atoms with van der Waals surface area (Å²) in [7, 11) is 0. The summed E-state index contributed by atoms with van der Waals surface area (Å²) >= 11 is 0. The van der Waals surface area contributed by atoms with Crippen molar-refractivity contribution in [2.24, 2.45) is 0 Å². The third-order valence-electron chi connectivity index (χ3n) is 2.44. The summed E-state index contributed by atoms with van der Waals surface area (Å²) in [5, 5.41) is 9.27. The third kappa shape index (κ3) is 3.21. The number of benzene rings is 1. The van der Waals surface area contributed by atoms with Crippen LogP contribution in [0.1, 0.15) is 5.56 Å². The zero-order chi connectivity index (χ0) is 15.4. The fourth-order valence-corrected chi connectivity index (χ4v) is 1.54. The van der Waals surface area contributed by atoms with Crippen LogP contribution in [0.2, 0.25) is 0 Å². The molecule has 0 spiro atoms. The Labute approximate surface area is 118 Å². The highest BCUT2D eigenvalue weighted by Crippen LogP contribution is 2.24. The van der Waals surface area contributed by atoms with Crippen LogP contribution in [0.25, 0.3) is 5.57 Å². The molecule has 2 heterocycles. The minimum absolute atomic E-state index is 0.0735. The number of hydrogen-bond acceptors (Lipinski definition) is 7. The zero-order valence-electron chi connectivity index (χ0n) is 10.4. The van der Waals surface area contributed by atoms with E-state index in [-0.39, 0.29) is 5.57 Å². The van der Waals surface area contributed by atoms with Gasteiger partial charge in [0.05, 0.1) is 0 Å². The molecule has 7 nitrogen and oxygen atoms in total. The SMILES string of the molecule is O=C1C=CC(=O)O1.O=C1OC(=O)C(c2ccccc2)=C1O. The first-order valence-electron chi connectivity index (χ1n) is 5.68. The van der Waals surface area contributed by atoms with E-state index < -0.39 is 29.6 Å². The van der Waals surface area contributed by atoms with Crippen LogP contribution in [0, 0.1) is 0 Å². The lowest BCUT2D eigenvalue weighted by atomic mass is 10.1. The Kier molecular flexibility index (Phi) is 3.94. The number of esters is 4. The Hall–Kier alpha value is -3.22. The van der Waals surface area contributed by atoms with Gasteiger partial charge in [0, 0.05) is 12.2 Å². The lowest BCUT2D eigenvalue weighted by Crippen LogP contribution is -2.01. The smallest absolute Gasteiger partial charge is 0.382 e. The van der Waals surface area contributed by atoms with Gasteiger partial charge in [-0.25, -0.2) is 19.2 Å². The van der Waals surface area contributed by atoms with E-state index in [1.807, 2.05) is 0 Å². The fourth-order valence-electron chi connectivity index (χ4n) is 1.54. The van der Waals surface area contributed by atoms with Crippen molar-refractivity contribution in [3.8, 4) is 0 Å². The molecule has 0 saturated carbocycles. The van der Waals surface area contributed by atoms with E-state index in [0.717, 1.165) is 12.2 Å². The summed E-state index contributed by atoms with van der Waals surface area (Å²) in [6.45, 7) is 0. The topological polar surface area (TPSA) is 107 Å². The first-order valence-corrected chi connectivity index (χ1v) is 5.68. The number of hydrogen-bond donors (Lipinski definition) is 1. The normalized spacial score (nSPS) is 16.6. The molecule has 3 rings (SSSR count). The van der Waals surface area contributed by atoms with E-state index in [4.69, 9.17) is 0 Å². The van der Waals surface area contributed by atoms with Gasteiger partial charge < -0.3 is 14.6 Å². The highest BCUT2D eigenvalue weighted by atomic mass is 16.6. The molecule has 2 aliphatic heterocycles. The molecule has 0 saturated heterocycles. The van der Waals surface area contributed by atoms with Gasteiger partial charge in [0.1, 0.15) is 5.57 Å². The average molecular weight is 288 g/mol. The van der Waals surface area contributed by atoms with E-state index in [1.165, 1.54) is 0 Å². The Balaban J connectivity index is 0.000000194. The molecular formula is C14H8O7. The Bertz CT molecular complexity index is 667. The second-order valence-corrected chi connectivity index (χ2v) is 3.84. The molecule has 0 amide bonds. The number of rotatable bonds is 1. The summed E-state index contributed by atoms with van der Waals surface area (Å²) in [6, 6.07) is 8.40. The van der Waals surface area contributed by atoms with Gasteiger partial charge in [-0.2, -0.15) is 0 Å². The summed E-state index contributed by atoms with van der Waals surface area (Å²) in [5.41, 5.74) is 0.399. The second kappa shape index (κ2) is 5.83. The van der Waals surface area contributed by atoms with Crippen LogP contribution in [-0.2, 0) is 28.7 Å². The molecule has 21 heavy (non-hydrogen) atoms. The molecule has 0 bridgehead atoms. The summed E-state index contributed by atoms with van der Waals surface area (Å²) in [5.74, 6) is -3.58. The molecule has 0 unspecified atom stereocenters. The van der Waals surface area contributed by atoms with Gasteiger partial charge in [0.15, 0.2) is 0 Å². The van der Waals surface area contributed by atoms with Crippen molar-refractivity contribution in [1.29, 1.82) is 0 Å². The van der Waals surface area contributed by atoms with Gasteiger partial charge in [-0.3, -0.25) is 0 Å². The lowest BCUT2D eigenvalue weighted by Gasteiger charge is -1.96. The van der Waals surface area contributed by atoms with Crippen LogP contribution in [0.3, 0.4) is 0 Å². The first-order chi connectivity index (χ1) is 9.99. The zero-order valence-corrected chi connectivity index (χ0v) is 10.4. The molecule has 7 heteroatoms. The minimum atomic E-state index is -0.992. The van der Waals surface area contributed by atoms with Crippen molar-refractivity contribution in [2.75, 3.05) is 0 Å². The third-order valence-corrected chi connectivity index (χ3v) is 2.44. The van der Waals surface area contributed by atoms with Crippen LogP contribution in [-0.4, -0.2) is 29.0 Å². The minimum Gasteiger partial charge on any atom is -0.501 e. The van der Waals surface area contributed by atoms with Crippen molar-refractivity contribution in [3.05, 3.63) is 53.8 Å². The molecule has 1 N–H and O–H groups in total. The van der Waals surface area contributed by atoms with Crippen LogP contribution < -0.4 is 0 Å². The van der Waals surface area contributed by atoms with E-state index >= 15 is 0 Å². The predicted octanol–water partition coefficient (Wildman–Crippen LogP) is 0.665.